The molecule has 1 rings (SSSR count). The zero-order valence-corrected chi connectivity index (χ0v) is 7.09. The number of nitrogens with two attached hydrogens (primary N) is 1. The molecule has 0 aromatic rings. The molecule has 10 heavy (non-hydrogen) atoms. The lowest BCUT2D eigenvalue weighted by molar-refractivity contribution is 0.344. The first kappa shape index (κ1) is 7.64. The van der Waals surface area contributed by atoms with Crippen molar-refractivity contribution >= 4 is 0 Å². The fraction of sp³-hybridized carbons (Fsp3) is 0.778. The summed E-state index contributed by atoms with van der Waals surface area (Å²) in [5, 5.41) is 0. The van der Waals surface area contributed by atoms with Crippen LogP contribution in [0.4, 0.5) is 0 Å². The molecule has 0 spiro atoms. The topological polar surface area (TPSA) is 26.0 Å². The van der Waals surface area contributed by atoms with Crippen molar-refractivity contribution in [3.8, 4) is 0 Å². The maximum absolute atomic E-state index is 5.82. The van der Waals surface area contributed by atoms with Crippen molar-refractivity contribution in [1.29, 1.82) is 0 Å². The van der Waals surface area contributed by atoms with Gasteiger partial charge < -0.3 is 5.73 Å². The van der Waals surface area contributed by atoms with Crippen molar-refractivity contribution < 1.29 is 0 Å². The molecule has 0 saturated carbocycles. The van der Waals surface area contributed by atoms with E-state index in [1.807, 2.05) is 0 Å². The van der Waals surface area contributed by atoms with E-state index < -0.39 is 0 Å². The van der Waals surface area contributed by atoms with E-state index in [9.17, 15) is 0 Å². The molecule has 1 aliphatic rings. The Bertz CT molecular complexity index is 149. The van der Waals surface area contributed by atoms with Gasteiger partial charge in [-0.05, 0) is 24.2 Å². The molecule has 2 N–H and O–H groups in total. The van der Waals surface area contributed by atoms with Gasteiger partial charge in [-0.3, -0.25) is 0 Å². The molecule has 0 fully saturated rings. The minimum Gasteiger partial charge on any atom is -0.402 e. The highest BCUT2D eigenvalue weighted by molar-refractivity contribution is 5.08. The Morgan fingerprint density at radius 3 is 2.50 bits per heavy atom. The molecule has 0 aromatic carbocycles. The molecule has 0 unspecified atom stereocenters. The van der Waals surface area contributed by atoms with Crippen molar-refractivity contribution in [2.45, 2.75) is 27.2 Å². The highest BCUT2D eigenvalue weighted by Gasteiger charge is 2.21. The minimum absolute atomic E-state index is 0.594. The van der Waals surface area contributed by atoms with Crippen molar-refractivity contribution in [2.24, 2.45) is 23.5 Å². The van der Waals surface area contributed by atoms with E-state index in [0.717, 1.165) is 11.6 Å². The monoisotopic (exact) mass is 139 g/mol. The van der Waals surface area contributed by atoms with Crippen LogP contribution in [-0.2, 0) is 0 Å². The van der Waals surface area contributed by atoms with Gasteiger partial charge in [0.1, 0.15) is 0 Å². The molecule has 0 aromatic heterocycles. The molecule has 1 heteroatoms. The van der Waals surface area contributed by atoms with Crippen LogP contribution in [0.1, 0.15) is 27.2 Å². The molecule has 0 aliphatic heterocycles. The Balaban J connectivity index is 2.71. The third kappa shape index (κ3) is 1.34. The molecule has 0 heterocycles. The predicted octanol–water partition coefficient (Wildman–Crippen LogP) is 2.14. The molecular weight excluding hydrogens is 122 g/mol. The quantitative estimate of drug-likeness (QED) is 0.546. The first-order chi connectivity index (χ1) is 4.61. The predicted molar refractivity (Wildman–Crippen MR) is 44.4 cm³/mol. The van der Waals surface area contributed by atoms with E-state index in [4.69, 9.17) is 5.73 Å². The maximum Gasteiger partial charge on any atom is 0.00741 e. The van der Waals surface area contributed by atoms with Crippen molar-refractivity contribution in [1.82, 2.24) is 0 Å². The zero-order chi connectivity index (χ0) is 7.72. The Morgan fingerprint density at radius 1 is 1.40 bits per heavy atom. The van der Waals surface area contributed by atoms with E-state index in [-0.39, 0.29) is 0 Å². The number of hydrogen-bond donors (Lipinski definition) is 1. The van der Waals surface area contributed by atoms with Crippen LogP contribution < -0.4 is 5.73 Å². The molecule has 3 atom stereocenters. The lowest BCUT2D eigenvalue weighted by atomic mass is 9.80. The first-order valence-electron chi connectivity index (χ1n) is 4.08. The van der Waals surface area contributed by atoms with Crippen molar-refractivity contribution in [3.63, 3.8) is 0 Å². The van der Waals surface area contributed by atoms with E-state index >= 15 is 0 Å². The van der Waals surface area contributed by atoms with Crippen LogP contribution in [0, 0.1) is 17.8 Å². The van der Waals surface area contributed by atoms with Crippen molar-refractivity contribution in [2.75, 3.05) is 0 Å². The van der Waals surface area contributed by atoms with Crippen LogP contribution >= 0.6 is 0 Å². The lowest BCUT2D eigenvalue weighted by Crippen LogP contribution is -2.23. The maximum atomic E-state index is 5.82. The van der Waals surface area contributed by atoms with Crippen LogP contribution in [0.25, 0.3) is 0 Å². The summed E-state index contributed by atoms with van der Waals surface area (Å²) in [7, 11) is 0. The lowest BCUT2D eigenvalue weighted by Gasteiger charge is -2.28. The molecule has 0 radical (unpaired) electrons. The Morgan fingerprint density at radius 2 is 2.00 bits per heavy atom. The fourth-order valence-corrected chi connectivity index (χ4v) is 1.67. The average Bonchev–Trinajstić information content (AvgIpc) is 1.82. The smallest absolute Gasteiger partial charge is 0.00741 e. The van der Waals surface area contributed by atoms with Gasteiger partial charge in [0, 0.05) is 5.70 Å². The van der Waals surface area contributed by atoms with Crippen LogP contribution in [0.15, 0.2) is 11.8 Å². The number of hydrogen-bond acceptors (Lipinski definition) is 1. The van der Waals surface area contributed by atoms with E-state index in [1.165, 1.54) is 6.42 Å². The van der Waals surface area contributed by atoms with Gasteiger partial charge in [-0.15, -0.1) is 0 Å². The standard InChI is InChI=1S/C9H17N/c1-6-4-7(2)8(3)9(10)5-6/h5-8H,4,10H2,1-3H3/t6-,7+,8+/m0/s1. The van der Waals surface area contributed by atoms with Gasteiger partial charge in [-0.25, -0.2) is 0 Å². The second-order valence-electron chi connectivity index (χ2n) is 3.65. The third-order valence-corrected chi connectivity index (χ3v) is 2.60. The number of allylic oxidation sites excluding steroid dienone is 2. The summed E-state index contributed by atoms with van der Waals surface area (Å²) in [4.78, 5) is 0. The summed E-state index contributed by atoms with van der Waals surface area (Å²) >= 11 is 0. The molecule has 1 nitrogen and oxygen atoms in total. The van der Waals surface area contributed by atoms with E-state index in [0.29, 0.717) is 11.8 Å². The van der Waals surface area contributed by atoms with Crippen molar-refractivity contribution in [3.05, 3.63) is 11.8 Å². The van der Waals surface area contributed by atoms with Gasteiger partial charge in [0.15, 0.2) is 0 Å². The third-order valence-electron chi connectivity index (χ3n) is 2.60. The summed E-state index contributed by atoms with van der Waals surface area (Å²) < 4.78 is 0. The summed E-state index contributed by atoms with van der Waals surface area (Å²) in [6, 6.07) is 0. The number of rotatable bonds is 0. The van der Waals surface area contributed by atoms with Gasteiger partial charge in [0.2, 0.25) is 0 Å². The molecular formula is C9H17N. The molecule has 58 valence electrons. The Labute approximate surface area is 63.3 Å². The zero-order valence-electron chi connectivity index (χ0n) is 7.09. The van der Waals surface area contributed by atoms with Gasteiger partial charge >= 0.3 is 0 Å². The second kappa shape index (κ2) is 2.65. The van der Waals surface area contributed by atoms with Gasteiger partial charge in [-0.2, -0.15) is 0 Å². The molecule has 0 saturated heterocycles. The summed E-state index contributed by atoms with van der Waals surface area (Å²) in [5.74, 6) is 2.04. The largest absolute Gasteiger partial charge is 0.402 e. The average molecular weight is 139 g/mol. The summed E-state index contributed by atoms with van der Waals surface area (Å²) in [5.41, 5.74) is 6.91. The minimum atomic E-state index is 0.594. The van der Waals surface area contributed by atoms with E-state index in [1.54, 1.807) is 0 Å². The Kier molecular flexibility index (Phi) is 2.02. The molecule has 1 aliphatic carbocycles. The van der Waals surface area contributed by atoms with Gasteiger partial charge in [0.25, 0.3) is 0 Å². The fourth-order valence-electron chi connectivity index (χ4n) is 1.67. The summed E-state index contributed by atoms with van der Waals surface area (Å²) in [6.45, 7) is 6.72. The highest BCUT2D eigenvalue weighted by atomic mass is 14.6. The van der Waals surface area contributed by atoms with Gasteiger partial charge in [0.05, 0.1) is 0 Å². The van der Waals surface area contributed by atoms with Crippen LogP contribution in [-0.4, -0.2) is 0 Å². The Hall–Kier alpha value is -0.460. The van der Waals surface area contributed by atoms with Crippen LogP contribution in [0.2, 0.25) is 0 Å². The van der Waals surface area contributed by atoms with Gasteiger partial charge in [-0.1, -0.05) is 26.8 Å². The normalized spacial score (nSPS) is 41.1. The highest BCUT2D eigenvalue weighted by Crippen LogP contribution is 2.29. The molecule has 0 bridgehead atoms. The van der Waals surface area contributed by atoms with Crippen LogP contribution in [0.5, 0.6) is 0 Å². The second-order valence-corrected chi connectivity index (χ2v) is 3.65. The molecule has 0 amide bonds. The first-order valence-corrected chi connectivity index (χ1v) is 4.08. The van der Waals surface area contributed by atoms with E-state index in [2.05, 4.69) is 26.8 Å². The summed E-state index contributed by atoms with van der Waals surface area (Å²) in [6.07, 6.45) is 3.49. The SMILES string of the molecule is C[C@@H]1C=C(N)[C@H](C)[C@H](C)C1. The van der Waals surface area contributed by atoms with Crippen LogP contribution in [0.3, 0.4) is 0 Å².